The third-order valence-corrected chi connectivity index (χ3v) is 2.76. The first-order valence-corrected chi connectivity index (χ1v) is 5.73. The molecule has 1 heterocycles. The molecule has 0 bridgehead atoms. The van der Waals surface area contributed by atoms with E-state index in [1.165, 1.54) is 17.0 Å². The number of non-ortho nitro benzene ring substituents is 1. The van der Waals surface area contributed by atoms with Gasteiger partial charge in [0.2, 0.25) is 0 Å². The lowest BCUT2D eigenvalue weighted by Crippen LogP contribution is -2.31. The molecule has 2 rings (SSSR count). The van der Waals surface area contributed by atoms with Crippen LogP contribution in [0.4, 0.5) is 10.5 Å². The molecule has 1 saturated heterocycles. The second-order valence-electron chi connectivity index (χ2n) is 4.17. The number of carbonyl (C=O) groups is 2. The van der Waals surface area contributed by atoms with Crippen LogP contribution in [0.15, 0.2) is 24.3 Å². The largest absolute Gasteiger partial charge is 0.448 e. The summed E-state index contributed by atoms with van der Waals surface area (Å²) < 4.78 is 4.72. The number of hydrogen-bond acceptors (Lipinski definition) is 5. The average molecular weight is 264 g/mol. The van der Waals surface area contributed by atoms with Crippen LogP contribution in [0.1, 0.15) is 5.56 Å². The summed E-state index contributed by atoms with van der Waals surface area (Å²) in [4.78, 5) is 34.2. The highest BCUT2D eigenvalue weighted by molar-refractivity contribution is 5.86. The van der Waals surface area contributed by atoms with Gasteiger partial charge in [-0.05, 0) is 5.56 Å². The molecule has 1 aromatic rings. The number of amides is 1. The molecule has 0 spiro atoms. The fourth-order valence-electron chi connectivity index (χ4n) is 1.80. The Hall–Kier alpha value is -2.44. The number of hydrogen-bond donors (Lipinski definition) is 0. The molecule has 1 amide bonds. The van der Waals surface area contributed by atoms with Crippen molar-refractivity contribution in [2.24, 2.45) is 0 Å². The second-order valence-corrected chi connectivity index (χ2v) is 4.17. The van der Waals surface area contributed by atoms with Gasteiger partial charge in [-0.15, -0.1) is 0 Å². The van der Waals surface area contributed by atoms with Crippen molar-refractivity contribution in [3.63, 3.8) is 0 Å². The van der Waals surface area contributed by atoms with E-state index >= 15 is 0 Å². The highest BCUT2D eigenvalue weighted by atomic mass is 16.6. The fourth-order valence-corrected chi connectivity index (χ4v) is 1.80. The minimum absolute atomic E-state index is 0.00974. The molecule has 1 aliphatic rings. The number of Topliss-reactive ketones (excluding diaryl/α,β-unsaturated/α-hetero) is 1. The first-order chi connectivity index (χ1) is 9.06. The molecule has 0 radical (unpaired) electrons. The minimum atomic E-state index is -0.494. The summed E-state index contributed by atoms with van der Waals surface area (Å²) in [6.07, 6.45) is -0.334. The van der Waals surface area contributed by atoms with Gasteiger partial charge < -0.3 is 4.74 Å². The first kappa shape index (κ1) is 13.0. The quantitative estimate of drug-likeness (QED) is 0.588. The van der Waals surface area contributed by atoms with Gasteiger partial charge in [-0.2, -0.15) is 0 Å². The van der Waals surface area contributed by atoms with Crippen LogP contribution in [0.25, 0.3) is 0 Å². The molecule has 7 nitrogen and oxygen atoms in total. The predicted octanol–water partition coefficient (Wildman–Crippen LogP) is 1.16. The van der Waals surface area contributed by atoms with E-state index in [4.69, 9.17) is 4.74 Å². The summed E-state index contributed by atoms with van der Waals surface area (Å²) in [6, 6.07) is 5.79. The van der Waals surface area contributed by atoms with E-state index in [-0.39, 0.29) is 24.4 Å². The third kappa shape index (κ3) is 3.27. The zero-order valence-corrected chi connectivity index (χ0v) is 10.1. The molecule has 0 unspecified atom stereocenters. The maximum atomic E-state index is 11.7. The number of nitro benzene ring substituents is 1. The molecule has 100 valence electrons. The topological polar surface area (TPSA) is 89.8 Å². The van der Waals surface area contributed by atoms with Gasteiger partial charge in [-0.25, -0.2) is 4.79 Å². The maximum Gasteiger partial charge on any atom is 0.410 e. The van der Waals surface area contributed by atoms with Gasteiger partial charge in [0.1, 0.15) is 6.61 Å². The van der Waals surface area contributed by atoms with Gasteiger partial charge in [-0.3, -0.25) is 19.8 Å². The van der Waals surface area contributed by atoms with Crippen LogP contribution in [0.3, 0.4) is 0 Å². The van der Waals surface area contributed by atoms with Crippen LogP contribution < -0.4 is 0 Å². The average Bonchev–Trinajstić information content (AvgIpc) is 2.75. The number of nitro groups is 1. The van der Waals surface area contributed by atoms with Gasteiger partial charge in [-0.1, -0.05) is 12.1 Å². The lowest BCUT2D eigenvalue weighted by Gasteiger charge is -2.10. The standard InChI is InChI=1S/C12H12N2O5/c15-11(8-13-5-6-19-12(13)16)7-9-1-3-10(4-2-9)14(17)18/h1-4H,5-8H2. The van der Waals surface area contributed by atoms with Crippen molar-refractivity contribution in [1.82, 2.24) is 4.90 Å². The highest BCUT2D eigenvalue weighted by Crippen LogP contribution is 2.13. The van der Waals surface area contributed by atoms with Gasteiger partial charge in [0.15, 0.2) is 5.78 Å². The SMILES string of the molecule is O=C(Cc1ccc([N+](=O)[O-])cc1)CN1CCOC1=O. The lowest BCUT2D eigenvalue weighted by atomic mass is 10.1. The Labute approximate surface area is 108 Å². The molecule has 7 heteroatoms. The normalized spacial score (nSPS) is 14.3. The Kier molecular flexibility index (Phi) is 3.74. The summed E-state index contributed by atoms with van der Waals surface area (Å²) >= 11 is 0. The zero-order chi connectivity index (χ0) is 13.8. The number of ketones is 1. The van der Waals surface area contributed by atoms with E-state index < -0.39 is 11.0 Å². The van der Waals surface area contributed by atoms with Crippen LogP contribution >= 0.6 is 0 Å². The third-order valence-electron chi connectivity index (χ3n) is 2.76. The molecular formula is C12H12N2O5. The molecule has 0 aromatic heterocycles. The highest BCUT2D eigenvalue weighted by Gasteiger charge is 2.23. The van der Waals surface area contributed by atoms with Gasteiger partial charge in [0.25, 0.3) is 5.69 Å². The molecule has 1 aliphatic heterocycles. The van der Waals surface area contributed by atoms with Crippen LogP contribution in [0.2, 0.25) is 0 Å². The second kappa shape index (κ2) is 5.47. The van der Waals surface area contributed by atoms with Crippen molar-refractivity contribution in [1.29, 1.82) is 0 Å². The zero-order valence-electron chi connectivity index (χ0n) is 10.1. The Balaban J connectivity index is 1.91. The molecule has 1 fully saturated rings. The van der Waals surface area contributed by atoms with Crippen LogP contribution in [-0.2, 0) is 16.0 Å². The van der Waals surface area contributed by atoms with Crippen molar-refractivity contribution in [2.45, 2.75) is 6.42 Å². The van der Waals surface area contributed by atoms with Gasteiger partial charge in [0, 0.05) is 18.6 Å². The molecule has 19 heavy (non-hydrogen) atoms. The fraction of sp³-hybridized carbons (Fsp3) is 0.333. The number of carbonyl (C=O) groups excluding carboxylic acids is 2. The van der Waals surface area contributed by atoms with E-state index in [0.29, 0.717) is 18.7 Å². The minimum Gasteiger partial charge on any atom is -0.448 e. The van der Waals surface area contributed by atoms with Crippen molar-refractivity contribution < 1.29 is 19.2 Å². The predicted molar refractivity (Wildman–Crippen MR) is 64.7 cm³/mol. The van der Waals surface area contributed by atoms with Crippen molar-refractivity contribution >= 4 is 17.6 Å². The summed E-state index contributed by atoms with van der Waals surface area (Å²) in [5, 5.41) is 10.5. The summed E-state index contributed by atoms with van der Waals surface area (Å²) in [7, 11) is 0. The molecule has 0 saturated carbocycles. The molecular weight excluding hydrogens is 252 g/mol. The number of cyclic esters (lactones) is 1. The van der Waals surface area contributed by atoms with Crippen molar-refractivity contribution in [3.8, 4) is 0 Å². The van der Waals surface area contributed by atoms with Crippen LogP contribution in [-0.4, -0.2) is 41.4 Å². The number of ether oxygens (including phenoxy) is 1. The van der Waals surface area contributed by atoms with E-state index in [0.717, 1.165) is 0 Å². The smallest absolute Gasteiger partial charge is 0.410 e. The Bertz CT molecular complexity index is 511. The van der Waals surface area contributed by atoms with Gasteiger partial charge in [0.05, 0.1) is 18.0 Å². The van der Waals surface area contributed by atoms with Crippen molar-refractivity contribution in [2.75, 3.05) is 19.7 Å². The number of nitrogens with zero attached hydrogens (tertiary/aromatic N) is 2. The molecule has 0 N–H and O–H groups in total. The lowest BCUT2D eigenvalue weighted by molar-refractivity contribution is -0.384. The van der Waals surface area contributed by atoms with Crippen LogP contribution in [0.5, 0.6) is 0 Å². The Morgan fingerprint density at radius 1 is 1.37 bits per heavy atom. The molecule has 0 aliphatic carbocycles. The summed E-state index contributed by atoms with van der Waals surface area (Å²) in [6.45, 7) is 0.740. The maximum absolute atomic E-state index is 11.7. The van der Waals surface area contributed by atoms with E-state index in [1.807, 2.05) is 0 Å². The van der Waals surface area contributed by atoms with E-state index in [9.17, 15) is 19.7 Å². The first-order valence-electron chi connectivity index (χ1n) is 5.73. The molecule has 0 atom stereocenters. The Morgan fingerprint density at radius 2 is 2.05 bits per heavy atom. The summed E-state index contributed by atoms with van der Waals surface area (Å²) in [5.74, 6) is -0.132. The van der Waals surface area contributed by atoms with E-state index in [1.54, 1.807) is 12.1 Å². The number of benzene rings is 1. The van der Waals surface area contributed by atoms with E-state index in [2.05, 4.69) is 0 Å². The monoisotopic (exact) mass is 264 g/mol. The van der Waals surface area contributed by atoms with Crippen LogP contribution in [0, 0.1) is 10.1 Å². The van der Waals surface area contributed by atoms with Crippen molar-refractivity contribution in [3.05, 3.63) is 39.9 Å². The number of rotatable bonds is 5. The van der Waals surface area contributed by atoms with Gasteiger partial charge >= 0.3 is 6.09 Å². The summed E-state index contributed by atoms with van der Waals surface area (Å²) in [5.41, 5.74) is 0.669. The Morgan fingerprint density at radius 3 is 2.58 bits per heavy atom. The molecule has 1 aromatic carbocycles.